The van der Waals surface area contributed by atoms with Crippen LogP contribution in [-0.4, -0.2) is 167 Å². The maximum Gasteiger partial charge on any atom is 0.305 e. The van der Waals surface area contributed by atoms with E-state index < -0.39 is 12.2 Å². The van der Waals surface area contributed by atoms with Crippen LogP contribution in [-0.2, 0) is 9.53 Å². The Balaban J connectivity index is 2.44. The van der Waals surface area contributed by atoms with Gasteiger partial charge in [-0.25, -0.2) is 0 Å². The van der Waals surface area contributed by atoms with Gasteiger partial charge in [0, 0.05) is 89.4 Å². The number of nitrogens with zero attached hydrogens (tertiary/aromatic N) is 4. The Labute approximate surface area is 529 Å². The lowest BCUT2D eigenvalue weighted by molar-refractivity contribution is -0.144. The molecule has 0 aromatic heterocycles. The highest BCUT2D eigenvalue weighted by atomic mass is 33.1. The molecule has 12 heteroatoms. The molecule has 0 amide bonds. The normalized spacial score (nSPS) is 15.6. The molecule has 0 bridgehead atoms. The molecule has 0 spiro atoms. The first-order valence-electron chi connectivity index (χ1n) is 36.4. The Bertz CT molecular complexity index is 1350. The number of carbonyl (C=O) groups excluding carboxylic acids is 1. The third-order valence-corrected chi connectivity index (χ3v) is 19.9. The predicted molar refractivity (Wildman–Crippen MR) is 370 cm³/mol. The third-order valence-electron chi connectivity index (χ3n) is 17.5. The van der Waals surface area contributed by atoms with E-state index in [0.717, 1.165) is 121 Å². The first-order chi connectivity index (χ1) is 41.1. The largest absolute Gasteiger partial charge is 0.464 e. The summed E-state index contributed by atoms with van der Waals surface area (Å²) >= 11 is 0. The molecule has 10 nitrogen and oxygen atoms in total. The van der Waals surface area contributed by atoms with E-state index in [1.165, 1.54) is 193 Å². The van der Waals surface area contributed by atoms with Crippen LogP contribution in [0.15, 0.2) is 24.3 Å². The molecule has 0 saturated carbocycles. The Morgan fingerprint density at radius 1 is 0.429 bits per heavy atom. The van der Waals surface area contributed by atoms with Crippen LogP contribution in [0.3, 0.4) is 0 Å². The molecule has 1 aliphatic rings. The molecule has 1 heterocycles. The molecule has 84 heavy (non-hydrogen) atoms. The molecule has 498 valence electrons. The number of hydrogen-bond donors (Lipinski definition) is 4. The number of hydrogen-bond acceptors (Lipinski definition) is 12. The summed E-state index contributed by atoms with van der Waals surface area (Å²) in [6, 6.07) is 0.306. The van der Waals surface area contributed by atoms with Gasteiger partial charge in [0.25, 0.3) is 0 Å². The summed E-state index contributed by atoms with van der Waals surface area (Å²) in [6.07, 6.45) is 58.4. The smallest absolute Gasteiger partial charge is 0.305 e. The zero-order valence-electron chi connectivity index (χ0n) is 56.2. The Hall–Kier alpha value is -0.670. The van der Waals surface area contributed by atoms with Crippen molar-refractivity contribution in [2.24, 2.45) is 0 Å². The van der Waals surface area contributed by atoms with Crippen LogP contribution in [0.4, 0.5) is 0 Å². The van der Waals surface area contributed by atoms with Crippen molar-refractivity contribution in [1.29, 1.82) is 0 Å². The average Bonchev–Trinajstić information content (AvgIpc) is 3.57. The summed E-state index contributed by atoms with van der Waals surface area (Å²) in [4.78, 5) is 22.4. The molecule has 0 radical (unpaired) electrons. The van der Waals surface area contributed by atoms with E-state index in [4.69, 9.17) is 4.74 Å². The minimum absolute atomic E-state index is 0.150. The van der Waals surface area contributed by atoms with Crippen molar-refractivity contribution in [3.05, 3.63) is 24.3 Å². The molecule has 1 saturated heterocycles. The number of aliphatic hydroxyl groups is 4. The molecule has 0 aromatic carbocycles. The fourth-order valence-electron chi connectivity index (χ4n) is 11.8. The Morgan fingerprint density at radius 3 is 1.15 bits per heavy atom. The standard InChI is InChI=1S/C72H142N4O6S2/c1-6-10-14-18-22-24-26-28-30-32-34-36-40-44-49-70(79)65-76(66-71(80)50-45-41-37-35-33-31-29-27-25-23-19-15-11-7-2)67(5)52-61-83-84-62-59-74-56-54-73(55-57-74)58-60-82-72(81)51-46-53-75(63-68(77)47-42-38-20-16-12-8-3)64-69(78)48-43-39-21-17-13-9-4/h28-31,67-71,77-80H,6-27,32-66H2,1-5H3/b30-28-,31-29-. The fraction of sp³-hybridized carbons (Fsp3) is 0.931. The van der Waals surface area contributed by atoms with Crippen molar-refractivity contribution >= 4 is 27.6 Å². The highest BCUT2D eigenvalue weighted by Crippen LogP contribution is 2.25. The van der Waals surface area contributed by atoms with E-state index in [9.17, 15) is 25.2 Å². The molecule has 5 unspecified atom stereocenters. The van der Waals surface area contributed by atoms with Crippen LogP contribution in [0, 0.1) is 0 Å². The third kappa shape index (κ3) is 54.3. The van der Waals surface area contributed by atoms with E-state index in [1.54, 1.807) is 0 Å². The van der Waals surface area contributed by atoms with Gasteiger partial charge in [-0.1, -0.05) is 253 Å². The minimum atomic E-state index is -0.406. The van der Waals surface area contributed by atoms with Crippen LogP contribution < -0.4 is 0 Å². The first-order valence-corrected chi connectivity index (χ1v) is 38.9. The molecule has 4 N–H and O–H groups in total. The summed E-state index contributed by atoms with van der Waals surface area (Å²) in [6.45, 7) is 20.7. The number of ether oxygens (including phenoxy) is 1. The van der Waals surface area contributed by atoms with Crippen molar-refractivity contribution in [3.63, 3.8) is 0 Å². The Morgan fingerprint density at radius 2 is 0.762 bits per heavy atom. The second-order valence-corrected chi connectivity index (χ2v) is 28.5. The average molecular weight is 1220 g/mol. The minimum Gasteiger partial charge on any atom is -0.464 e. The van der Waals surface area contributed by atoms with Crippen molar-refractivity contribution in [3.8, 4) is 0 Å². The summed E-state index contributed by atoms with van der Waals surface area (Å²) in [5.41, 5.74) is 0. The number of allylic oxidation sites excluding steroid dienone is 4. The van der Waals surface area contributed by atoms with Gasteiger partial charge < -0.3 is 25.2 Å². The summed E-state index contributed by atoms with van der Waals surface area (Å²) in [5.74, 6) is 2.00. The van der Waals surface area contributed by atoms with E-state index in [1.807, 2.05) is 21.6 Å². The van der Waals surface area contributed by atoms with E-state index in [0.29, 0.717) is 58.2 Å². The van der Waals surface area contributed by atoms with Crippen LogP contribution in [0.1, 0.15) is 311 Å². The first kappa shape index (κ1) is 81.3. The molecule has 1 aliphatic heterocycles. The highest BCUT2D eigenvalue weighted by molar-refractivity contribution is 8.76. The van der Waals surface area contributed by atoms with Gasteiger partial charge in [0.2, 0.25) is 0 Å². The molecule has 1 fully saturated rings. The fourth-order valence-corrected chi connectivity index (χ4v) is 14.0. The van der Waals surface area contributed by atoms with Gasteiger partial charge in [-0.05, 0) is 103 Å². The molecule has 0 aromatic rings. The lowest BCUT2D eigenvalue weighted by Crippen LogP contribution is -2.47. The van der Waals surface area contributed by atoms with E-state index >= 15 is 0 Å². The Kier molecular flexibility index (Phi) is 60.5. The monoisotopic (exact) mass is 1220 g/mol. The number of carbonyl (C=O) groups is 1. The van der Waals surface area contributed by atoms with Crippen molar-refractivity contribution in [2.45, 2.75) is 341 Å². The van der Waals surface area contributed by atoms with Gasteiger partial charge in [-0.2, -0.15) is 0 Å². The number of esters is 1. The van der Waals surface area contributed by atoms with E-state index in [-0.39, 0.29) is 18.2 Å². The van der Waals surface area contributed by atoms with Crippen LogP contribution in [0.25, 0.3) is 0 Å². The second-order valence-electron chi connectivity index (χ2n) is 25.8. The highest BCUT2D eigenvalue weighted by Gasteiger charge is 2.22. The molecule has 0 aliphatic carbocycles. The van der Waals surface area contributed by atoms with Crippen LogP contribution in [0.2, 0.25) is 0 Å². The van der Waals surface area contributed by atoms with Gasteiger partial charge in [0.1, 0.15) is 6.61 Å². The summed E-state index contributed by atoms with van der Waals surface area (Å²) < 4.78 is 5.72. The predicted octanol–water partition coefficient (Wildman–Crippen LogP) is 17.9. The van der Waals surface area contributed by atoms with Gasteiger partial charge in [-0.3, -0.25) is 24.4 Å². The second kappa shape index (κ2) is 62.5. The number of rotatable bonds is 65. The number of piperazine rings is 1. The maximum absolute atomic E-state index is 12.8. The van der Waals surface area contributed by atoms with Crippen molar-refractivity contribution < 1.29 is 30.0 Å². The summed E-state index contributed by atoms with van der Waals surface area (Å²) in [7, 11) is 3.95. The van der Waals surface area contributed by atoms with E-state index in [2.05, 4.69) is 78.5 Å². The topological polar surface area (TPSA) is 120 Å². The van der Waals surface area contributed by atoms with Crippen LogP contribution >= 0.6 is 21.6 Å². The zero-order valence-corrected chi connectivity index (χ0v) is 57.8. The van der Waals surface area contributed by atoms with Gasteiger partial charge in [0.15, 0.2) is 0 Å². The SMILES string of the molecule is CCCCCCCC/C=C\CCCCCCC(O)CN(CC(O)CCCCCC/C=C\CCCCCCCC)C(C)CCSSCCN1CCN(CCOC(=O)CCCN(CC(O)CCCCCCCC)CC(O)CCCCCCCC)CC1. The molecule has 5 atom stereocenters. The van der Waals surface area contributed by atoms with Crippen molar-refractivity contribution in [1.82, 2.24) is 19.6 Å². The zero-order chi connectivity index (χ0) is 61.0. The molecule has 1 rings (SSSR count). The van der Waals surface area contributed by atoms with Gasteiger partial charge in [-0.15, -0.1) is 0 Å². The lowest BCUT2D eigenvalue weighted by Gasteiger charge is -2.34. The quantitative estimate of drug-likeness (QED) is 0.0201. The molecular formula is C72H142N4O6S2. The maximum atomic E-state index is 12.8. The number of unbranched alkanes of at least 4 members (excludes halogenated alkanes) is 30. The number of aliphatic hydroxyl groups excluding tert-OH is 4. The molecular weight excluding hydrogens is 1080 g/mol. The van der Waals surface area contributed by atoms with Crippen LogP contribution in [0.5, 0.6) is 0 Å². The van der Waals surface area contributed by atoms with Gasteiger partial charge in [0.05, 0.1) is 24.4 Å². The lowest BCUT2D eigenvalue weighted by atomic mass is 10.0. The van der Waals surface area contributed by atoms with Gasteiger partial charge >= 0.3 is 5.97 Å². The van der Waals surface area contributed by atoms with Crippen molar-refractivity contribution in [2.75, 3.05) is 90.1 Å². The summed E-state index contributed by atoms with van der Waals surface area (Å²) in [5, 5.41) is 44.4.